The molecule has 0 saturated heterocycles. The molecule has 3 heteroatoms. The van der Waals surface area contributed by atoms with Crippen molar-refractivity contribution in [2.24, 2.45) is 0 Å². The summed E-state index contributed by atoms with van der Waals surface area (Å²) in [5.74, 6) is -0.308. The average molecular weight is 243 g/mol. The highest BCUT2D eigenvalue weighted by atomic mass is 16.3. The van der Waals surface area contributed by atoms with Gasteiger partial charge in [-0.3, -0.25) is 4.79 Å². The van der Waals surface area contributed by atoms with Crippen molar-refractivity contribution >= 4 is 11.6 Å². The van der Waals surface area contributed by atoms with E-state index in [1.165, 1.54) is 6.42 Å². The number of fused-ring (bicyclic) bond motifs is 1. The Morgan fingerprint density at radius 1 is 1.17 bits per heavy atom. The van der Waals surface area contributed by atoms with E-state index in [1.807, 2.05) is 24.3 Å². The van der Waals surface area contributed by atoms with Crippen LogP contribution in [0.5, 0.6) is 0 Å². The molecule has 1 aromatic rings. The van der Waals surface area contributed by atoms with Gasteiger partial charge < -0.3 is 10.4 Å². The Kier molecular flexibility index (Phi) is 2.71. The van der Waals surface area contributed by atoms with Crippen LogP contribution in [0.3, 0.4) is 0 Å². The summed E-state index contributed by atoms with van der Waals surface area (Å²) in [6.45, 7) is 0. The van der Waals surface area contributed by atoms with Crippen molar-refractivity contribution in [3.05, 3.63) is 41.5 Å². The molecule has 1 unspecified atom stereocenters. The molecule has 1 aliphatic heterocycles. The molecule has 1 heterocycles. The largest absolute Gasteiger partial charge is 0.372 e. The Balaban J connectivity index is 2.08. The van der Waals surface area contributed by atoms with Gasteiger partial charge in [-0.1, -0.05) is 30.7 Å². The molecule has 0 fully saturated rings. The summed E-state index contributed by atoms with van der Waals surface area (Å²) >= 11 is 0. The van der Waals surface area contributed by atoms with Gasteiger partial charge in [-0.25, -0.2) is 0 Å². The maximum absolute atomic E-state index is 12.2. The fourth-order valence-electron chi connectivity index (χ4n) is 2.91. The van der Waals surface area contributed by atoms with Crippen LogP contribution in [0, 0.1) is 0 Å². The van der Waals surface area contributed by atoms with Gasteiger partial charge in [-0.05, 0) is 37.3 Å². The third-order valence-corrected chi connectivity index (χ3v) is 3.90. The topological polar surface area (TPSA) is 49.3 Å². The van der Waals surface area contributed by atoms with Crippen molar-refractivity contribution in [2.75, 3.05) is 5.32 Å². The summed E-state index contributed by atoms with van der Waals surface area (Å²) in [6.07, 6.45) is 7.16. The molecule has 1 atom stereocenters. The van der Waals surface area contributed by atoms with Crippen molar-refractivity contribution in [3.63, 3.8) is 0 Å². The molecule has 0 radical (unpaired) electrons. The molecule has 1 aromatic carbocycles. The first-order valence-corrected chi connectivity index (χ1v) is 6.56. The Morgan fingerprint density at radius 3 is 2.89 bits per heavy atom. The number of carbonyl (C=O) groups is 1. The molecule has 0 aromatic heterocycles. The smallest absolute Gasteiger partial charge is 0.265 e. The Labute approximate surface area is 107 Å². The van der Waals surface area contributed by atoms with Crippen LogP contribution in [-0.4, -0.2) is 11.0 Å². The zero-order valence-corrected chi connectivity index (χ0v) is 10.3. The fraction of sp³-hybridized carbons (Fsp3) is 0.400. The number of aliphatic hydroxyl groups is 1. The first-order valence-electron chi connectivity index (χ1n) is 6.56. The van der Waals surface area contributed by atoms with Gasteiger partial charge in [0.2, 0.25) is 0 Å². The summed E-state index contributed by atoms with van der Waals surface area (Å²) in [7, 11) is 0. The molecule has 0 spiro atoms. The van der Waals surface area contributed by atoms with Crippen molar-refractivity contribution in [1.82, 2.24) is 0 Å². The van der Waals surface area contributed by atoms with Crippen molar-refractivity contribution in [3.8, 4) is 0 Å². The van der Waals surface area contributed by atoms with Crippen LogP contribution >= 0.6 is 0 Å². The third kappa shape index (κ3) is 1.58. The second-order valence-electron chi connectivity index (χ2n) is 5.04. The lowest BCUT2D eigenvalue weighted by atomic mass is 9.84. The molecule has 0 saturated carbocycles. The first kappa shape index (κ1) is 11.5. The molecule has 3 nitrogen and oxygen atoms in total. The normalized spacial score (nSPS) is 27.2. The highest BCUT2D eigenvalue weighted by Gasteiger charge is 2.47. The summed E-state index contributed by atoms with van der Waals surface area (Å²) < 4.78 is 0. The van der Waals surface area contributed by atoms with Crippen molar-refractivity contribution in [2.45, 2.75) is 37.7 Å². The second-order valence-corrected chi connectivity index (χ2v) is 5.04. The van der Waals surface area contributed by atoms with Crippen LogP contribution in [0.2, 0.25) is 0 Å². The monoisotopic (exact) mass is 243 g/mol. The molecular formula is C15H17NO2. The van der Waals surface area contributed by atoms with Crippen LogP contribution in [0.4, 0.5) is 5.69 Å². The molecular weight excluding hydrogens is 226 g/mol. The number of amides is 1. The summed E-state index contributed by atoms with van der Waals surface area (Å²) in [6, 6.07) is 7.40. The molecule has 94 valence electrons. The Morgan fingerprint density at radius 2 is 2.00 bits per heavy atom. The van der Waals surface area contributed by atoms with E-state index >= 15 is 0 Å². The van der Waals surface area contributed by atoms with E-state index < -0.39 is 5.60 Å². The summed E-state index contributed by atoms with van der Waals surface area (Å²) in [5.41, 5.74) is 0.849. The maximum atomic E-state index is 12.2. The van der Waals surface area contributed by atoms with E-state index in [-0.39, 0.29) is 5.91 Å². The predicted octanol–water partition coefficient (Wildman–Crippen LogP) is 2.72. The van der Waals surface area contributed by atoms with E-state index in [1.54, 1.807) is 0 Å². The second kappa shape index (κ2) is 4.25. The zero-order chi connectivity index (χ0) is 12.6. The van der Waals surface area contributed by atoms with Gasteiger partial charge >= 0.3 is 0 Å². The fourth-order valence-corrected chi connectivity index (χ4v) is 2.91. The number of carbonyl (C=O) groups excluding carboxylic acids is 1. The standard InChI is InChI=1S/C15H17NO2/c17-14-15(18,11-7-3-1-2-4-8-11)12-9-5-6-10-13(12)16-14/h5-7,9-10,18H,1-4,8H2,(H,16,17). The molecule has 3 rings (SSSR count). The lowest BCUT2D eigenvalue weighted by molar-refractivity contribution is -0.130. The number of nitrogens with one attached hydrogen (secondary N) is 1. The van der Waals surface area contributed by atoms with Crippen LogP contribution in [0.25, 0.3) is 0 Å². The third-order valence-electron chi connectivity index (χ3n) is 3.90. The number of benzene rings is 1. The maximum Gasteiger partial charge on any atom is 0.265 e. The minimum atomic E-state index is -1.44. The molecule has 1 aliphatic carbocycles. The summed E-state index contributed by atoms with van der Waals surface area (Å²) in [5, 5.41) is 13.7. The van der Waals surface area contributed by atoms with Gasteiger partial charge in [0.1, 0.15) is 0 Å². The van der Waals surface area contributed by atoms with Crippen LogP contribution < -0.4 is 5.32 Å². The minimum absolute atomic E-state index is 0.308. The minimum Gasteiger partial charge on any atom is -0.372 e. The van der Waals surface area contributed by atoms with E-state index in [9.17, 15) is 9.90 Å². The van der Waals surface area contributed by atoms with Crippen LogP contribution in [-0.2, 0) is 10.4 Å². The zero-order valence-electron chi connectivity index (χ0n) is 10.3. The SMILES string of the molecule is O=C1Nc2ccccc2C1(O)C1=CCCCCC1. The average Bonchev–Trinajstić information content (AvgIpc) is 2.61. The molecule has 1 amide bonds. The number of hydrogen-bond donors (Lipinski definition) is 2. The molecule has 2 N–H and O–H groups in total. The summed E-state index contributed by atoms with van der Waals surface area (Å²) in [4.78, 5) is 12.2. The number of hydrogen-bond acceptors (Lipinski definition) is 2. The molecule has 2 aliphatic rings. The first-order chi connectivity index (χ1) is 8.73. The van der Waals surface area contributed by atoms with Gasteiger partial charge in [0.15, 0.2) is 5.60 Å². The van der Waals surface area contributed by atoms with E-state index in [0.717, 1.165) is 36.9 Å². The van der Waals surface area contributed by atoms with E-state index in [2.05, 4.69) is 11.4 Å². The predicted molar refractivity (Wildman–Crippen MR) is 70.1 cm³/mol. The number of allylic oxidation sites excluding steroid dienone is 1. The highest BCUT2D eigenvalue weighted by Crippen LogP contribution is 2.43. The number of rotatable bonds is 1. The quantitative estimate of drug-likeness (QED) is 0.745. The molecule has 0 bridgehead atoms. The van der Waals surface area contributed by atoms with Gasteiger partial charge in [0.25, 0.3) is 5.91 Å². The van der Waals surface area contributed by atoms with Crippen LogP contribution in [0.1, 0.15) is 37.7 Å². The van der Waals surface area contributed by atoms with Crippen LogP contribution in [0.15, 0.2) is 35.9 Å². The highest BCUT2D eigenvalue weighted by molar-refractivity contribution is 6.07. The van der Waals surface area contributed by atoms with E-state index in [0.29, 0.717) is 5.56 Å². The Hall–Kier alpha value is -1.61. The molecule has 18 heavy (non-hydrogen) atoms. The number of anilines is 1. The van der Waals surface area contributed by atoms with Crippen molar-refractivity contribution in [1.29, 1.82) is 0 Å². The van der Waals surface area contributed by atoms with Gasteiger partial charge in [-0.15, -0.1) is 0 Å². The van der Waals surface area contributed by atoms with Gasteiger partial charge in [-0.2, -0.15) is 0 Å². The number of para-hydroxylation sites is 1. The lowest BCUT2D eigenvalue weighted by Gasteiger charge is -2.24. The van der Waals surface area contributed by atoms with E-state index in [4.69, 9.17) is 0 Å². The van der Waals surface area contributed by atoms with Crippen molar-refractivity contribution < 1.29 is 9.90 Å². The van der Waals surface area contributed by atoms with Gasteiger partial charge in [0, 0.05) is 11.3 Å². The van der Waals surface area contributed by atoms with Gasteiger partial charge in [0.05, 0.1) is 0 Å². The lowest BCUT2D eigenvalue weighted by Crippen LogP contribution is -2.36. The Bertz CT molecular complexity index is 521.